The average molecular weight is 299 g/mol. The van der Waals surface area contributed by atoms with E-state index in [1.165, 1.54) is 0 Å². The molecule has 6 heteroatoms. The molecule has 1 rings (SSSR count). The third kappa shape index (κ3) is 4.83. The molecule has 1 unspecified atom stereocenters. The van der Waals surface area contributed by atoms with Crippen LogP contribution in [-0.2, 0) is 4.79 Å². The van der Waals surface area contributed by atoms with Crippen LogP contribution in [0.15, 0.2) is 9.64 Å². The van der Waals surface area contributed by atoms with Crippen LogP contribution in [0.1, 0.15) is 45.1 Å². The van der Waals surface area contributed by atoms with Crippen LogP contribution in [-0.4, -0.2) is 28.2 Å². The van der Waals surface area contributed by atoms with Gasteiger partial charge in [-0.05, 0) is 47.5 Å². The summed E-state index contributed by atoms with van der Waals surface area (Å²) in [4.78, 5) is 15.9. The maximum atomic E-state index is 11.6. The molecule has 0 aliphatic rings. The number of carbonyl (C=O) groups excluding carboxylic acids is 1. The summed E-state index contributed by atoms with van der Waals surface area (Å²) < 4.78 is 5.50. The molecule has 114 valence electrons. The van der Waals surface area contributed by atoms with Crippen LogP contribution < -0.4 is 11.1 Å². The van der Waals surface area contributed by atoms with Crippen molar-refractivity contribution in [2.24, 2.45) is 5.73 Å². The number of amides is 1. The molecule has 0 saturated heterocycles. The molecule has 1 aromatic rings. The van der Waals surface area contributed by atoms with Gasteiger partial charge in [-0.15, -0.1) is 0 Å². The average Bonchev–Trinajstić information content (AvgIpc) is 2.63. The Balaban J connectivity index is 2.43. The van der Waals surface area contributed by atoms with Crippen molar-refractivity contribution in [3.63, 3.8) is 0 Å². The molecule has 0 fully saturated rings. The summed E-state index contributed by atoms with van der Waals surface area (Å²) in [7, 11) is 0. The van der Waals surface area contributed by atoms with Crippen LogP contribution in [0.2, 0.25) is 0 Å². The van der Waals surface area contributed by atoms with E-state index in [1.807, 2.05) is 34.6 Å². The van der Waals surface area contributed by atoms with Crippen molar-refractivity contribution in [3.8, 4) is 0 Å². The molecular formula is C14H25N3O2S. The highest BCUT2D eigenvalue weighted by molar-refractivity contribution is 7.99. The molecule has 0 aromatic carbocycles. The minimum Gasteiger partial charge on any atom is -0.437 e. The summed E-state index contributed by atoms with van der Waals surface area (Å²) in [5, 5.41) is 3.94. The van der Waals surface area contributed by atoms with E-state index in [0.717, 1.165) is 23.6 Å². The molecule has 1 aromatic heterocycles. The molecule has 0 saturated carbocycles. The Morgan fingerprint density at radius 2 is 2.15 bits per heavy atom. The van der Waals surface area contributed by atoms with Gasteiger partial charge in [-0.2, -0.15) is 0 Å². The molecule has 3 N–H and O–H groups in total. The summed E-state index contributed by atoms with van der Waals surface area (Å²) in [5.74, 6) is 1.40. The van der Waals surface area contributed by atoms with Gasteiger partial charge >= 0.3 is 0 Å². The van der Waals surface area contributed by atoms with Crippen LogP contribution in [0, 0.1) is 13.8 Å². The second kappa shape index (κ2) is 7.13. The summed E-state index contributed by atoms with van der Waals surface area (Å²) >= 11 is 1.57. The van der Waals surface area contributed by atoms with Gasteiger partial charge in [-0.25, -0.2) is 4.98 Å². The van der Waals surface area contributed by atoms with Crippen molar-refractivity contribution < 1.29 is 9.21 Å². The normalized spacial score (nSPS) is 14.5. The number of nitrogens with two attached hydrogens (primary N) is 1. The molecular weight excluding hydrogens is 274 g/mol. The zero-order valence-corrected chi connectivity index (χ0v) is 13.8. The van der Waals surface area contributed by atoms with Gasteiger partial charge in [0, 0.05) is 11.8 Å². The number of carbonyl (C=O) groups is 1. The highest BCUT2D eigenvalue weighted by Crippen LogP contribution is 2.23. The number of primary amides is 1. The molecule has 20 heavy (non-hydrogen) atoms. The number of aromatic nitrogens is 1. The number of nitrogens with one attached hydrogen (secondary N) is 1. The Kier molecular flexibility index (Phi) is 6.07. The molecule has 5 nitrogen and oxygen atoms in total. The van der Waals surface area contributed by atoms with E-state index in [0.29, 0.717) is 11.6 Å². The number of rotatable bonds is 8. The van der Waals surface area contributed by atoms with Gasteiger partial charge in [0.2, 0.25) is 5.91 Å². The smallest absolute Gasteiger partial charge is 0.256 e. The summed E-state index contributed by atoms with van der Waals surface area (Å²) in [6.07, 6.45) is 1.57. The van der Waals surface area contributed by atoms with Crippen molar-refractivity contribution in [1.29, 1.82) is 0 Å². The van der Waals surface area contributed by atoms with E-state index in [-0.39, 0.29) is 11.9 Å². The Hall–Kier alpha value is -1.01. The fourth-order valence-corrected chi connectivity index (χ4v) is 2.84. The second-order valence-electron chi connectivity index (χ2n) is 5.57. The lowest BCUT2D eigenvalue weighted by atomic mass is 9.94. The topological polar surface area (TPSA) is 81.1 Å². The lowest BCUT2D eigenvalue weighted by Crippen LogP contribution is -2.55. The molecule has 0 aliphatic carbocycles. The van der Waals surface area contributed by atoms with Crippen LogP contribution in [0.4, 0.5) is 0 Å². The molecule has 0 radical (unpaired) electrons. The monoisotopic (exact) mass is 299 g/mol. The van der Waals surface area contributed by atoms with Crippen LogP contribution in [0.5, 0.6) is 0 Å². The highest BCUT2D eigenvalue weighted by Gasteiger charge is 2.30. The van der Waals surface area contributed by atoms with Gasteiger partial charge in [0.25, 0.3) is 5.22 Å². The largest absolute Gasteiger partial charge is 0.437 e. The predicted octanol–water partition coefficient (Wildman–Crippen LogP) is 2.41. The molecule has 0 bridgehead atoms. The Morgan fingerprint density at radius 1 is 1.50 bits per heavy atom. The van der Waals surface area contributed by atoms with E-state index >= 15 is 0 Å². The first-order chi connectivity index (χ1) is 9.24. The van der Waals surface area contributed by atoms with Gasteiger partial charge in [0.1, 0.15) is 5.76 Å². The van der Waals surface area contributed by atoms with Crippen molar-refractivity contribution in [2.75, 3.05) is 5.75 Å². The fourth-order valence-electron chi connectivity index (χ4n) is 1.99. The molecule has 0 spiro atoms. The van der Waals surface area contributed by atoms with E-state index in [2.05, 4.69) is 10.3 Å². The van der Waals surface area contributed by atoms with E-state index in [4.69, 9.17) is 10.2 Å². The summed E-state index contributed by atoms with van der Waals surface area (Å²) in [5.41, 5.74) is 5.77. The predicted molar refractivity (Wildman–Crippen MR) is 81.8 cm³/mol. The van der Waals surface area contributed by atoms with E-state index in [9.17, 15) is 4.79 Å². The second-order valence-corrected chi connectivity index (χ2v) is 6.61. The van der Waals surface area contributed by atoms with Crippen LogP contribution >= 0.6 is 11.8 Å². The standard InChI is InChI=1S/C14H25N3O2S/c1-9(2)17-14(5,12(15)18)7-6-8-20-13-16-10(3)11(4)19-13/h9,17H,6-8H2,1-5H3,(H2,15,18). The van der Waals surface area contributed by atoms with Gasteiger partial charge < -0.3 is 15.5 Å². The lowest BCUT2D eigenvalue weighted by Gasteiger charge is -2.29. The number of oxazole rings is 1. The minimum absolute atomic E-state index is 0.220. The van der Waals surface area contributed by atoms with Crippen molar-refractivity contribution in [1.82, 2.24) is 10.3 Å². The zero-order chi connectivity index (χ0) is 15.3. The van der Waals surface area contributed by atoms with Gasteiger partial charge in [0.05, 0.1) is 11.2 Å². The Bertz CT molecular complexity index is 440. The highest BCUT2D eigenvalue weighted by atomic mass is 32.2. The number of thioether (sulfide) groups is 1. The summed E-state index contributed by atoms with van der Waals surface area (Å²) in [6, 6.07) is 0.220. The van der Waals surface area contributed by atoms with Crippen molar-refractivity contribution in [2.45, 2.75) is 64.3 Å². The first kappa shape index (κ1) is 17.0. The van der Waals surface area contributed by atoms with Crippen molar-refractivity contribution >= 4 is 17.7 Å². The minimum atomic E-state index is -0.656. The molecule has 1 heterocycles. The third-order valence-electron chi connectivity index (χ3n) is 3.21. The first-order valence-electron chi connectivity index (χ1n) is 6.89. The number of hydrogen-bond acceptors (Lipinski definition) is 5. The lowest BCUT2D eigenvalue weighted by molar-refractivity contribution is -0.124. The first-order valence-corrected chi connectivity index (χ1v) is 7.87. The zero-order valence-electron chi connectivity index (χ0n) is 12.9. The Labute approximate surface area is 125 Å². The molecule has 1 amide bonds. The SMILES string of the molecule is Cc1nc(SCCCC(C)(NC(C)C)C(N)=O)oc1C. The molecule has 1 atom stereocenters. The third-order valence-corrected chi connectivity index (χ3v) is 4.12. The Morgan fingerprint density at radius 3 is 2.60 bits per heavy atom. The van der Waals surface area contributed by atoms with Crippen molar-refractivity contribution in [3.05, 3.63) is 11.5 Å². The summed E-state index contributed by atoms with van der Waals surface area (Å²) in [6.45, 7) is 9.71. The maximum absolute atomic E-state index is 11.6. The van der Waals surface area contributed by atoms with Crippen LogP contribution in [0.25, 0.3) is 0 Å². The number of aryl methyl sites for hydroxylation is 2. The maximum Gasteiger partial charge on any atom is 0.256 e. The number of nitrogens with zero attached hydrogens (tertiary/aromatic N) is 1. The fraction of sp³-hybridized carbons (Fsp3) is 0.714. The van der Waals surface area contributed by atoms with Crippen LogP contribution in [0.3, 0.4) is 0 Å². The van der Waals surface area contributed by atoms with E-state index < -0.39 is 5.54 Å². The van der Waals surface area contributed by atoms with Gasteiger partial charge in [-0.1, -0.05) is 11.8 Å². The van der Waals surface area contributed by atoms with Gasteiger partial charge in [0.15, 0.2) is 0 Å². The number of hydrogen-bond donors (Lipinski definition) is 2. The quantitative estimate of drug-likeness (QED) is 0.569. The van der Waals surface area contributed by atoms with E-state index in [1.54, 1.807) is 11.8 Å². The molecule has 0 aliphatic heterocycles. The van der Waals surface area contributed by atoms with Gasteiger partial charge in [-0.3, -0.25) is 4.79 Å².